The van der Waals surface area contributed by atoms with Crippen molar-refractivity contribution in [2.24, 2.45) is 0 Å². The highest BCUT2D eigenvalue weighted by molar-refractivity contribution is 5.83. The fourth-order valence-corrected chi connectivity index (χ4v) is 2.01. The van der Waals surface area contributed by atoms with Gasteiger partial charge in [0.05, 0.1) is 0 Å². The first-order valence-corrected chi connectivity index (χ1v) is 7.16. The Kier molecular flexibility index (Phi) is 6.77. The van der Waals surface area contributed by atoms with Crippen LogP contribution in [-0.4, -0.2) is 23.0 Å². The number of amides is 1. The van der Waals surface area contributed by atoms with E-state index in [1.807, 2.05) is 19.1 Å². The second kappa shape index (κ2) is 8.35. The third kappa shape index (κ3) is 5.43. The number of aryl methyl sites for hydroxylation is 2. The lowest BCUT2D eigenvalue weighted by Gasteiger charge is -2.13. The van der Waals surface area contributed by atoms with Crippen LogP contribution in [0.1, 0.15) is 44.2 Å². The van der Waals surface area contributed by atoms with Crippen LogP contribution in [-0.2, 0) is 22.4 Å². The first-order chi connectivity index (χ1) is 9.56. The van der Waals surface area contributed by atoms with E-state index in [-0.39, 0.29) is 5.91 Å². The van der Waals surface area contributed by atoms with Crippen LogP contribution in [0.4, 0.5) is 0 Å². The predicted molar refractivity (Wildman–Crippen MR) is 78.6 cm³/mol. The van der Waals surface area contributed by atoms with E-state index >= 15 is 0 Å². The standard InChI is InChI=1S/C16H23NO3/c1-3-5-14(16(19)20)17-15(18)11-10-13-8-6-12(4-2)7-9-13/h6-9,14H,3-5,10-11H2,1-2H3,(H,17,18)(H,19,20). The molecule has 0 heterocycles. The number of carboxylic acid groups (broad SMARTS) is 1. The molecular weight excluding hydrogens is 254 g/mol. The summed E-state index contributed by atoms with van der Waals surface area (Å²) < 4.78 is 0. The molecular formula is C16H23NO3. The minimum Gasteiger partial charge on any atom is -0.480 e. The largest absolute Gasteiger partial charge is 0.480 e. The quantitative estimate of drug-likeness (QED) is 0.767. The summed E-state index contributed by atoms with van der Waals surface area (Å²) in [7, 11) is 0. The van der Waals surface area contributed by atoms with Gasteiger partial charge in [0.25, 0.3) is 0 Å². The van der Waals surface area contributed by atoms with Gasteiger partial charge in [0.2, 0.25) is 5.91 Å². The molecule has 1 aromatic rings. The molecule has 0 aliphatic rings. The van der Waals surface area contributed by atoms with Crippen molar-refractivity contribution >= 4 is 11.9 Å². The molecule has 2 N–H and O–H groups in total. The Morgan fingerprint density at radius 2 is 1.75 bits per heavy atom. The first kappa shape index (κ1) is 16.2. The van der Waals surface area contributed by atoms with Gasteiger partial charge < -0.3 is 10.4 Å². The molecule has 0 fully saturated rings. The van der Waals surface area contributed by atoms with Crippen LogP contribution in [0.2, 0.25) is 0 Å². The van der Waals surface area contributed by atoms with Crippen molar-refractivity contribution in [1.82, 2.24) is 5.32 Å². The third-order valence-corrected chi connectivity index (χ3v) is 3.28. The zero-order valence-corrected chi connectivity index (χ0v) is 12.2. The van der Waals surface area contributed by atoms with Gasteiger partial charge in [-0.1, -0.05) is 44.5 Å². The third-order valence-electron chi connectivity index (χ3n) is 3.28. The van der Waals surface area contributed by atoms with E-state index in [2.05, 4.69) is 24.4 Å². The van der Waals surface area contributed by atoms with Crippen LogP contribution in [0.25, 0.3) is 0 Å². The SMILES string of the molecule is CCCC(NC(=O)CCc1ccc(CC)cc1)C(=O)O. The Morgan fingerprint density at radius 1 is 1.15 bits per heavy atom. The minimum atomic E-state index is -0.965. The van der Waals surface area contributed by atoms with Gasteiger partial charge in [-0.25, -0.2) is 4.79 Å². The minimum absolute atomic E-state index is 0.203. The average molecular weight is 277 g/mol. The molecule has 0 aromatic heterocycles. The van der Waals surface area contributed by atoms with Crippen molar-refractivity contribution in [2.75, 3.05) is 0 Å². The predicted octanol–water partition coefficient (Wildman–Crippen LogP) is 2.55. The summed E-state index contributed by atoms with van der Waals surface area (Å²) in [5.41, 5.74) is 2.37. The number of benzene rings is 1. The summed E-state index contributed by atoms with van der Waals surface area (Å²) in [4.78, 5) is 22.7. The van der Waals surface area contributed by atoms with Crippen LogP contribution >= 0.6 is 0 Å². The van der Waals surface area contributed by atoms with E-state index in [1.54, 1.807) is 0 Å². The molecule has 4 heteroatoms. The summed E-state index contributed by atoms with van der Waals surface area (Å²) in [6.45, 7) is 4.00. The molecule has 0 aliphatic carbocycles. The van der Waals surface area contributed by atoms with Gasteiger partial charge in [-0.3, -0.25) is 4.79 Å². The normalized spacial score (nSPS) is 11.9. The Labute approximate surface area is 120 Å². The van der Waals surface area contributed by atoms with Crippen LogP contribution in [0.3, 0.4) is 0 Å². The molecule has 1 rings (SSSR count). The molecule has 1 amide bonds. The van der Waals surface area contributed by atoms with Gasteiger partial charge in [-0.2, -0.15) is 0 Å². The molecule has 0 saturated heterocycles. The number of rotatable bonds is 8. The zero-order chi connectivity index (χ0) is 15.0. The van der Waals surface area contributed by atoms with Crippen LogP contribution < -0.4 is 5.32 Å². The van der Waals surface area contributed by atoms with Gasteiger partial charge in [0.1, 0.15) is 6.04 Å². The summed E-state index contributed by atoms with van der Waals surface area (Å²) in [6.07, 6.45) is 3.15. The summed E-state index contributed by atoms with van der Waals surface area (Å²) in [6, 6.07) is 7.39. The molecule has 1 unspecified atom stereocenters. The van der Waals surface area contributed by atoms with Crippen LogP contribution in [0, 0.1) is 0 Å². The monoisotopic (exact) mass is 277 g/mol. The molecule has 4 nitrogen and oxygen atoms in total. The number of carboxylic acids is 1. The highest BCUT2D eigenvalue weighted by atomic mass is 16.4. The average Bonchev–Trinajstić information content (AvgIpc) is 2.45. The van der Waals surface area contributed by atoms with Crippen molar-refractivity contribution < 1.29 is 14.7 Å². The molecule has 1 aromatic carbocycles. The van der Waals surface area contributed by atoms with Gasteiger partial charge in [-0.15, -0.1) is 0 Å². The number of hydrogen-bond donors (Lipinski definition) is 2. The summed E-state index contributed by atoms with van der Waals surface area (Å²) in [5, 5.41) is 11.6. The molecule has 110 valence electrons. The van der Waals surface area contributed by atoms with Gasteiger partial charge in [0.15, 0.2) is 0 Å². The lowest BCUT2D eigenvalue weighted by atomic mass is 10.1. The fourth-order valence-electron chi connectivity index (χ4n) is 2.01. The van der Waals surface area contributed by atoms with Gasteiger partial charge >= 0.3 is 5.97 Å². The van der Waals surface area contributed by atoms with E-state index in [1.165, 1.54) is 5.56 Å². The van der Waals surface area contributed by atoms with Crippen LogP contribution in [0.15, 0.2) is 24.3 Å². The lowest BCUT2D eigenvalue weighted by molar-refractivity contribution is -0.142. The van der Waals surface area contributed by atoms with E-state index < -0.39 is 12.0 Å². The molecule has 0 aliphatic heterocycles. The van der Waals surface area contributed by atoms with Crippen molar-refractivity contribution in [3.8, 4) is 0 Å². The lowest BCUT2D eigenvalue weighted by Crippen LogP contribution is -2.40. The zero-order valence-electron chi connectivity index (χ0n) is 12.2. The second-order valence-electron chi connectivity index (χ2n) is 4.92. The maximum atomic E-state index is 11.8. The number of nitrogens with one attached hydrogen (secondary N) is 1. The van der Waals surface area contributed by atoms with E-state index in [4.69, 9.17) is 5.11 Å². The number of aliphatic carboxylic acids is 1. The molecule has 1 atom stereocenters. The van der Waals surface area contributed by atoms with Crippen molar-refractivity contribution in [2.45, 2.75) is 52.0 Å². The number of carbonyl (C=O) groups excluding carboxylic acids is 1. The summed E-state index contributed by atoms with van der Waals surface area (Å²) >= 11 is 0. The second-order valence-corrected chi connectivity index (χ2v) is 4.92. The highest BCUT2D eigenvalue weighted by Crippen LogP contribution is 2.07. The Hall–Kier alpha value is -1.84. The van der Waals surface area contributed by atoms with E-state index in [0.717, 1.165) is 18.4 Å². The van der Waals surface area contributed by atoms with E-state index in [9.17, 15) is 9.59 Å². The molecule has 0 spiro atoms. The topological polar surface area (TPSA) is 66.4 Å². The maximum Gasteiger partial charge on any atom is 0.326 e. The van der Waals surface area contributed by atoms with Crippen molar-refractivity contribution in [3.63, 3.8) is 0 Å². The molecule has 0 bridgehead atoms. The fraction of sp³-hybridized carbons (Fsp3) is 0.500. The van der Waals surface area contributed by atoms with Crippen molar-refractivity contribution in [1.29, 1.82) is 0 Å². The Morgan fingerprint density at radius 3 is 2.25 bits per heavy atom. The Balaban J connectivity index is 2.43. The number of hydrogen-bond acceptors (Lipinski definition) is 2. The molecule has 0 saturated carbocycles. The highest BCUT2D eigenvalue weighted by Gasteiger charge is 2.18. The molecule has 20 heavy (non-hydrogen) atoms. The number of carbonyl (C=O) groups is 2. The van der Waals surface area contributed by atoms with Gasteiger partial charge in [0, 0.05) is 6.42 Å². The van der Waals surface area contributed by atoms with Crippen LogP contribution in [0.5, 0.6) is 0 Å². The summed E-state index contributed by atoms with van der Waals surface area (Å²) in [5.74, 6) is -1.17. The Bertz CT molecular complexity index is 440. The van der Waals surface area contributed by atoms with E-state index in [0.29, 0.717) is 19.3 Å². The maximum absolute atomic E-state index is 11.8. The molecule has 0 radical (unpaired) electrons. The first-order valence-electron chi connectivity index (χ1n) is 7.16. The smallest absolute Gasteiger partial charge is 0.326 e. The van der Waals surface area contributed by atoms with Crippen molar-refractivity contribution in [3.05, 3.63) is 35.4 Å². The van der Waals surface area contributed by atoms with Gasteiger partial charge in [-0.05, 0) is 30.4 Å².